The Balaban J connectivity index is 0.000000197. The molecule has 18 aliphatic heterocycles. The third-order valence-electron chi connectivity index (χ3n) is 26.0. The van der Waals surface area contributed by atoms with E-state index < -0.39 is 88.5 Å². The van der Waals surface area contributed by atoms with Gasteiger partial charge in [-0.05, 0) is 231 Å². The molecule has 0 aliphatic carbocycles. The van der Waals surface area contributed by atoms with Crippen molar-refractivity contribution in [1.82, 2.24) is 84.1 Å². The highest BCUT2D eigenvalue weighted by atomic mass is 79.9. The second-order valence-electron chi connectivity index (χ2n) is 34.3. The third-order valence-corrected chi connectivity index (χ3v) is 70.3. The summed E-state index contributed by atoms with van der Waals surface area (Å²) in [6, 6.07) is 0. The van der Waals surface area contributed by atoms with Gasteiger partial charge in [-0.1, -0.05) is 0 Å². The Labute approximate surface area is 807 Å². The molecular formula is C72H150Br6F6N18O12P12. The lowest BCUT2D eigenvalue weighted by Gasteiger charge is -2.38. The second-order valence-corrected chi connectivity index (χ2v) is 70.4. The van der Waals surface area contributed by atoms with Gasteiger partial charge in [0.1, 0.15) is 0 Å². The van der Waals surface area contributed by atoms with E-state index in [2.05, 4.69) is 177 Å². The maximum Gasteiger partial charge on any atom is 0.299 e. The summed E-state index contributed by atoms with van der Waals surface area (Å²) in [5.41, 5.74) is 0. The summed E-state index contributed by atoms with van der Waals surface area (Å²) in [6.07, 6.45) is 42.5. The molecule has 0 aromatic rings. The van der Waals surface area contributed by atoms with Gasteiger partial charge in [-0.3, -0.25) is 0 Å². The fourth-order valence-electron chi connectivity index (χ4n) is 20.4. The number of nitrogens with zero attached hydrogens (tertiary/aromatic N) is 18. The van der Waals surface area contributed by atoms with E-state index in [1.165, 1.54) is 467 Å². The number of hydrogen-bond acceptors (Lipinski definition) is 30. The zero-order valence-electron chi connectivity index (χ0n) is 74.1. The molecule has 54 heteroatoms. The quantitative estimate of drug-likeness (QED) is 0.0909. The molecule has 0 spiro atoms. The lowest BCUT2D eigenvalue weighted by Crippen LogP contribution is -2.39. The van der Waals surface area contributed by atoms with Crippen molar-refractivity contribution in [2.45, 2.75) is 231 Å². The molecule has 18 fully saturated rings. The van der Waals surface area contributed by atoms with Crippen molar-refractivity contribution < 1.29 is 81.9 Å². The molecule has 0 radical (unpaired) electrons. The summed E-state index contributed by atoms with van der Waals surface area (Å²) >= 11 is 25.5. The van der Waals surface area contributed by atoms with Gasteiger partial charge in [0.05, 0.1) is 0 Å². The van der Waals surface area contributed by atoms with E-state index in [9.17, 15) is 25.2 Å². The molecule has 126 heavy (non-hydrogen) atoms. The van der Waals surface area contributed by atoms with Gasteiger partial charge in [0.25, 0.3) is 38.5 Å². The van der Waals surface area contributed by atoms with E-state index in [1.807, 2.05) is 0 Å². The normalized spacial score (nSPS) is 26.8. The van der Waals surface area contributed by atoms with Crippen LogP contribution < -0.4 is 29.4 Å². The molecular weight excluding hydrogens is 2270 g/mol. The molecule has 0 saturated carbocycles. The largest absolute Gasteiger partial charge is 0.777 e. The SMILES string of the molecule is Br[P+](N1CCCC1)(N1CCCC1)N1CCCC1.Br[P+](N1CCCC1)(N1CCCC1)N1CCCC1.Br[P+](N1CCCC1)(N1CCCC1)N1CCCC1.Br[P+](N1CCCC1)(N1CCCC1)N1CCCC1.Br[P+](N1CCCC1)(N1CCCC1)N1CCCC1.Br[P+](N1CCCC1)(N1CCCC1)N1CCCC1.O=[PH]([O-])F.O=[PH]([O-])F.O=[PH]([O-])F.O=[PH]([O-])F.O=[PH]([O-])F.O=[PH]([O-])F. The standard InChI is InChI=1S/6C12H24BrN3P.6FH2O2P/c6*13-17(14-7-1-2-8-14,15-9-3-4-10-15)16-11-5-6-12-16;6*1-4(2)3/h6*1-12H2;6*4H,(H,2,3)/q6*+1;;;;;;/p-6. The third kappa shape index (κ3) is 37.3. The van der Waals surface area contributed by atoms with Gasteiger partial charge in [-0.25, -0.2) is 25.2 Å². The molecule has 0 N–H and O–H groups in total. The van der Waals surface area contributed by atoms with Crippen molar-refractivity contribution in [2.75, 3.05) is 236 Å². The number of hydrogen-bond donors (Lipinski definition) is 0. The van der Waals surface area contributed by atoms with Gasteiger partial charge in [0, 0.05) is 236 Å². The number of halogens is 12. The minimum atomic E-state index is -3.88. The molecule has 744 valence electrons. The molecule has 0 aromatic heterocycles. The van der Waals surface area contributed by atoms with E-state index in [1.54, 1.807) is 0 Å². The van der Waals surface area contributed by atoms with Gasteiger partial charge in [-0.15, -0.1) is 84.1 Å². The topological polar surface area (TPSA) is 299 Å². The van der Waals surface area contributed by atoms with Crippen molar-refractivity contribution >= 4 is 181 Å². The van der Waals surface area contributed by atoms with Gasteiger partial charge in [0.2, 0.25) is 92.9 Å². The molecule has 18 rings (SSSR count). The zero-order chi connectivity index (χ0) is 91.8. The molecule has 0 bridgehead atoms. The van der Waals surface area contributed by atoms with E-state index in [0.717, 1.165) is 0 Å². The Morgan fingerprint density at radius 1 is 0.135 bits per heavy atom. The van der Waals surface area contributed by atoms with E-state index in [0.29, 0.717) is 0 Å². The fraction of sp³-hybridized carbons (Fsp3) is 1.00. The Hall–Kier alpha value is 5.46. The highest BCUT2D eigenvalue weighted by Gasteiger charge is 2.63. The summed E-state index contributed by atoms with van der Waals surface area (Å²) in [7, 11) is -23.3. The average Bonchev–Trinajstić information content (AvgIpc) is 1.64. The lowest BCUT2D eigenvalue weighted by atomic mass is 10.4. The molecule has 18 aliphatic rings. The second kappa shape index (κ2) is 63.6. The van der Waals surface area contributed by atoms with E-state index >= 15 is 0 Å². The first-order chi connectivity index (χ1) is 60.3. The van der Waals surface area contributed by atoms with Crippen molar-refractivity contribution in [3.63, 3.8) is 0 Å². The summed E-state index contributed by atoms with van der Waals surface area (Å²) in [5.74, 6) is 0. The van der Waals surface area contributed by atoms with Crippen LogP contribution in [0.1, 0.15) is 231 Å². The van der Waals surface area contributed by atoms with Gasteiger partial charge >= 0.3 is 0 Å². The summed E-state index contributed by atoms with van der Waals surface area (Å²) < 4.78 is 160. The van der Waals surface area contributed by atoms with Crippen LogP contribution in [-0.4, -0.2) is 320 Å². The minimum Gasteiger partial charge on any atom is -0.777 e. The van der Waals surface area contributed by atoms with Crippen LogP contribution in [0.15, 0.2) is 0 Å². The molecule has 18 heterocycles. The summed E-state index contributed by atoms with van der Waals surface area (Å²) in [5, 5.41) is 0. The van der Waals surface area contributed by atoms with Crippen LogP contribution in [0.4, 0.5) is 25.2 Å². The van der Waals surface area contributed by atoms with Crippen LogP contribution in [0.3, 0.4) is 0 Å². The minimum absolute atomic E-state index is 1.30. The number of rotatable bonds is 18. The van der Waals surface area contributed by atoms with Crippen molar-refractivity contribution in [2.24, 2.45) is 0 Å². The first-order valence-corrected chi connectivity index (χ1v) is 75.7. The molecule has 0 aromatic carbocycles. The maximum atomic E-state index is 9.99. The van der Waals surface area contributed by atoms with E-state index in [-0.39, 0.29) is 0 Å². The van der Waals surface area contributed by atoms with Gasteiger partial charge < -0.3 is 56.8 Å². The summed E-state index contributed by atoms with van der Waals surface area (Å²) in [4.78, 5) is 50.4. The Kier molecular flexibility index (Phi) is 59.7. The Bertz CT molecular complexity index is 2340. The molecule has 18 saturated heterocycles. The first-order valence-electron chi connectivity index (χ1n) is 46.6. The maximum absolute atomic E-state index is 9.99. The molecule has 30 nitrogen and oxygen atoms in total. The predicted octanol–water partition coefficient (Wildman–Crippen LogP) is 18.3. The average molecular weight is 2430 g/mol. The highest BCUT2D eigenvalue weighted by Crippen LogP contribution is 2.81. The zero-order valence-corrected chi connectivity index (χ0v) is 95.0. The first kappa shape index (κ1) is 118. The van der Waals surface area contributed by atoms with Crippen LogP contribution in [0, 0.1) is 0 Å². The predicted molar refractivity (Wildman–Crippen MR) is 530 cm³/mol. The van der Waals surface area contributed by atoms with Crippen molar-refractivity contribution in [3.05, 3.63) is 0 Å². The Morgan fingerprint density at radius 2 is 0.167 bits per heavy atom. The molecule has 0 amide bonds. The van der Waals surface area contributed by atoms with Crippen LogP contribution in [0.2, 0.25) is 0 Å². The molecule has 6 unspecified atom stereocenters. The van der Waals surface area contributed by atoms with E-state index in [4.69, 9.17) is 56.8 Å². The highest BCUT2D eigenvalue weighted by molar-refractivity contribution is 9.42. The van der Waals surface area contributed by atoms with Crippen molar-refractivity contribution in [1.29, 1.82) is 0 Å². The molecule has 6 atom stereocenters. The van der Waals surface area contributed by atoms with Gasteiger partial charge in [-0.2, -0.15) is 0 Å². The summed E-state index contributed by atoms with van der Waals surface area (Å²) in [6.45, 7) is 47.2. The van der Waals surface area contributed by atoms with Crippen LogP contribution in [-0.2, 0) is 27.4 Å². The van der Waals surface area contributed by atoms with Crippen LogP contribution in [0.25, 0.3) is 0 Å². The van der Waals surface area contributed by atoms with Crippen molar-refractivity contribution in [3.8, 4) is 0 Å². The van der Waals surface area contributed by atoms with Crippen LogP contribution >= 0.6 is 181 Å². The fourth-order valence-corrected chi connectivity index (χ4v) is 58.2. The van der Waals surface area contributed by atoms with Gasteiger partial charge in [0.15, 0.2) is 50.0 Å². The monoisotopic (exact) mass is 2420 g/mol. The lowest BCUT2D eigenvalue weighted by molar-refractivity contribution is -0.175. The Morgan fingerprint density at radius 3 is 0.198 bits per heavy atom. The smallest absolute Gasteiger partial charge is 0.299 e. The van der Waals surface area contributed by atoms with Crippen LogP contribution in [0.5, 0.6) is 0 Å².